The largest absolute Gasteiger partial charge is 0.466 e. The first-order valence-electron chi connectivity index (χ1n) is 31.2. The van der Waals surface area contributed by atoms with E-state index in [4.69, 9.17) is 4.74 Å². The molecule has 3 N–H and O–H groups in total. The number of amides is 1. The normalized spacial score (nSPS) is 12.8. The van der Waals surface area contributed by atoms with E-state index in [0.717, 1.165) is 51.4 Å². The van der Waals surface area contributed by atoms with Crippen molar-refractivity contribution in [2.75, 3.05) is 13.2 Å². The number of nitrogens with one attached hydrogen (secondary N) is 1. The van der Waals surface area contributed by atoms with Crippen LogP contribution in [0.15, 0.2) is 36.5 Å². The number of allylic oxidation sites excluding steroid dienone is 6. The molecule has 1 amide bonds. The van der Waals surface area contributed by atoms with Crippen LogP contribution in [0.1, 0.15) is 335 Å². The molecule has 0 rings (SSSR count). The van der Waals surface area contributed by atoms with Crippen molar-refractivity contribution in [1.82, 2.24) is 5.32 Å². The van der Waals surface area contributed by atoms with Crippen LogP contribution in [0.3, 0.4) is 0 Å². The van der Waals surface area contributed by atoms with Crippen molar-refractivity contribution in [3.63, 3.8) is 0 Å². The summed E-state index contributed by atoms with van der Waals surface area (Å²) in [5, 5.41) is 23.2. The first-order valence-corrected chi connectivity index (χ1v) is 31.2. The molecule has 0 saturated carbocycles. The topological polar surface area (TPSA) is 95.9 Å². The summed E-state index contributed by atoms with van der Waals surface area (Å²) in [6.45, 7) is 4.93. The van der Waals surface area contributed by atoms with Crippen LogP contribution in [0.25, 0.3) is 0 Å². The van der Waals surface area contributed by atoms with E-state index in [-0.39, 0.29) is 18.5 Å². The maximum absolute atomic E-state index is 12.4. The van der Waals surface area contributed by atoms with Crippen molar-refractivity contribution in [2.45, 2.75) is 347 Å². The smallest absolute Gasteiger partial charge is 0.305 e. The molecular weight excluding hydrogens is 863 g/mol. The van der Waals surface area contributed by atoms with Gasteiger partial charge >= 0.3 is 5.97 Å². The first-order chi connectivity index (χ1) is 34.5. The molecule has 0 aromatic heterocycles. The molecule has 6 nitrogen and oxygen atoms in total. The molecule has 0 aromatic rings. The quantitative estimate of drug-likeness (QED) is 0.0321. The first kappa shape index (κ1) is 68.1. The summed E-state index contributed by atoms with van der Waals surface area (Å²) in [7, 11) is 0. The lowest BCUT2D eigenvalue weighted by molar-refractivity contribution is -0.143. The van der Waals surface area contributed by atoms with Gasteiger partial charge in [0.1, 0.15) is 0 Å². The second-order valence-electron chi connectivity index (χ2n) is 21.4. The second-order valence-corrected chi connectivity index (χ2v) is 21.4. The lowest BCUT2D eigenvalue weighted by Gasteiger charge is -2.22. The SMILES string of the molecule is CCCCCC/C=C\C/C=C\CCCCCCCCCC(=O)OCCCCCCCCCCCCCC/C=C\CCCCCCCCCCC(=O)NC(CO)C(O)CCCCCCCCCCCCC. The molecule has 412 valence electrons. The molecule has 0 spiro atoms. The second kappa shape index (κ2) is 59.6. The van der Waals surface area contributed by atoms with Crippen molar-refractivity contribution < 1.29 is 24.5 Å². The molecular formula is C64H121NO5. The molecule has 0 saturated heterocycles. The van der Waals surface area contributed by atoms with Crippen LogP contribution < -0.4 is 5.32 Å². The lowest BCUT2D eigenvalue weighted by Crippen LogP contribution is -2.45. The highest BCUT2D eigenvalue weighted by molar-refractivity contribution is 5.76. The van der Waals surface area contributed by atoms with Gasteiger partial charge in [0.05, 0.1) is 25.4 Å². The molecule has 0 aromatic carbocycles. The van der Waals surface area contributed by atoms with Crippen molar-refractivity contribution in [2.24, 2.45) is 0 Å². The summed E-state index contributed by atoms with van der Waals surface area (Å²) in [5.74, 6) is -0.0350. The minimum absolute atomic E-state index is 0.00517. The fourth-order valence-electron chi connectivity index (χ4n) is 9.61. The summed E-state index contributed by atoms with van der Waals surface area (Å²) in [6.07, 6.45) is 74.4. The molecule has 6 heteroatoms. The van der Waals surface area contributed by atoms with Crippen molar-refractivity contribution in [3.05, 3.63) is 36.5 Å². The third kappa shape index (κ3) is 55.4. The van der Waals surface area contributed by atoms with E-state index < -0.39 is 12.1 Å². The van der Waals surface area contributed by atoms with Crippen LogP contribution in [0.2, 0.25) is 0 Å². The van der Waals surface area contributed by atoms with Gasteiger partial charge in [0.15, 0.2) is 0 Å². The van der Waals surface area contributed by atoms with Gasteiger partial charge in [0.2, 0.25) is 5.91 Å². The van der Waals surface area contributed by atoms with Crippen LogP contribution >= 0.6 is 0 Å². The average Bonchev–Trinajstić information content (AvgIpc) is 3.36. The Hall–Kier alpha value is -1.92. The Bertz CT molecular complexity index is 1130. The highest BCUT2D eigenvalue weighted by Crippen LogP contribution is 2.17. The van der Waals surface area contributed by atoms with Crippen LogP contribution in [0, 0.1) is 0 Å². The molecule has 70 heavy (non-hydrogen) atoms. The number of aliphatic hydroxyl groups is 2. The molecule has 0 aliphatic rings. The summed E-state index contributed by atoms with van der Waals surface area (Å²) in [4.78, 5) is 24.5. The van der Waals surface area contributed by atoms with Crippen LogP contribution in [-0.4, -0.2) is 47.4 Å². The van der Waals surface area contributed by atoms with Crippen LogP contribution in [0.4, 0.5) is 0 Å². The Labute approximate surface area is 436 Å². The van der Waals surface area contributed by atoms with E-state index in [0.29, 0.717) is 25.9 Å². The fourth-order valence-corrected chi connectivity index (χ4v) is 9.61. The van der Waals surface area contributed by atoms with E-state index in [1.165, 1.54) is 250 Å². The number of unbranched alkanes of at least 4 members (excludes halogenated alkanes) is 41. The van der Waals surface area contributed by atoms with Crippen LogP contribution in [0.5, 0.6) is 0 Å². The summed E-state index contributed by atoms with van der Waals surface area (Å²) < 4.78 is 5.49. The third-order valence-electron chi connectivity index (χ3n) is 14.4. The summed E-state index contributed by atoms with van der Waals surface area (Å²) in [6, 6.07) is -0.544. The molecule has 0 aliphatic heterocycles. The van der Waals surface area contributed by atoms with E-state index >= 15 is 0 Å². The molecule has 2 atom stereocenters. The van der Waals surface area contributed by atoms with Gasteiger partial charge in [-0.2, -0.15) is 0 Å². The van der Waals surface area contributed by atoms with Crippen molar-refractivity contribution in [3.8, 4) is 0 Å². The number of ether oxygens (including phenoxy) is 1. The number of hydrogen-bond donors (Lipinski definition) is 3. The zero-order valence-corrected chi connectivity index (χ0v) is 47.0. The van der Waals surface area contributed by atoms with Gasteiger partial charge < -0.3 is 20.3 Å². The van der Waals surface area contributed by atoms with E-state index in [1.54, 1.807) is 0 Å². The molecule has 0 fully saturated rings. The minimum atomic E-state index is -0.666. The van der Waals surface area contributed by atoms with Crippen molar-refractivity contribution >= 4 is 11.9 Å². The zero-order valence-electron chi connectivity index (χ0n) is 47.0. The maximum Gasteiger partial charge on any atom is 0.305 e. The van der Waals surface area contributed by atoms with Gasteiger partial charge in [0.25, 0.3) is 0 Å². The molecule has 0 aliphatic carbocycles. The number of rotatable bonds is 58. The number of aliphatic hydroxyl groups excluding tert-OH is 2. The number of hydrogen-bond acceptors (Lipinski definition) is 5. The Morgan fingerprint density at radius 1 is 0.400 bits per heavy atom. The molecule has 0 radical (unpaired) electrons. The van der Waals surface area contributed by atoms with Gasteiger partial charge in [-0.15, -0.1) is 0 Å². The Kier molecular flexibility index (Phi) is 58.0. The Morgan fingerprint density at radius 2 is 0.714 bits per heavy atom. The van der Waals surface area contributed by atoms with Gasteiger partial charge in [-0.25, -0.2) is 0 Å². The lowest BCUT2D eigenvalue weighted by atomic mass is 10.0. The maximum atomic E-state index is 12.4. The average molecular weight is 985 g/mol. The van der Waals surface area contributed by atoms with E-state index in [9.17, 15) is 19.8 Å². The number of esters is 1. The van der Waals surface area contributed by atoms with Gasteiger partial charge in [0, 0.05) is 12.8 Å². The van der Waals surface area contributed by atoms with Gasteiger partial charge in [-0.3, -0.25) is 9.59 Å². The fraction of sp³-hybridized carbons (Fsp3) is 0.875. The molecule has 0 heterocycles. The highest BCUT2D eigenvalue weighted by atomic mass is 16.5. The number of carbonyl (C=O) groups is 2. The predicted octanol–water partition coefficient (Wildman–Crippen LogP) is 19.6. The molecule has 0 bridgehead atoms. The van der Waals surface area contributed by atoms with Gasteiger partial charge in [-0.05, 0) is 83.5 Å². The predicted molar refractivity (Wildman–Crippen MR) is 306 cm³/mol. The van der Waals surface area contributed by atoms with Crippen molar-refractivity contribution in [1.29, 1.82) is 0 Å². The Morgan fingerprint density at radius 3 is 1.11 bits per heavy atom. The molecule has 2 unspecified atom stereocenters. The highest BCUT2D eigenvalue weighted by Gasteiger charge is 2.20. The summed E-state index contributed by atoms with van der Waals surface area (Å²) in [5.41, 5.74) is 0. The monoisotopic (exact) mass is 984 g/mol. The standard InChI is InChI=1S/C64H121NO5/c1-3-5-7-9-11-13-15-16-17-18-28-31-34-38-42-46-50-54-58-64(69)70-59-55-51-47-43-39-35-32-29-26-24-22-20-19-21-23-25-27-30-33-37-41-45-49-53-57-63(68)65-61(60-66)62(67)56-52-48-44-40-36-14-12-10-8-6-4-2/h13,15,17-18,21,23,61-62,66-67H,3-12,14,16,19-20,22,24-60H2,1-2H3,(H,65,68)/b15-13-,18-17-,23-21-. The number of carbonyl (C=O) groups excluding carboxylic acids is 2. The van der Waals surface area contributed by atoms with Crippen LogP contribution in [-0.2, 0) is 14.3 Å². The van der Waals surface area contributed by atoms with Gasteiger partial charge in [-0.1, -0.05) is 275 Å². The Balaban J connectivity index is 3.38. The minimum Gasteiger partial charge on any atom is -0.466 e. The summed E-state index contributed by atoms with van der Waals surface area (Å²) >= 11 is 0. The zero-order chi connectivity index (χ0) is 50.7. The third-order valence-corrected chi connectivity index (χ3v) is 14.4. The van der Waals surface area contributed by atoms with E-state index in [2.05, 4.69) is 55.6 Å². The van der Waals surface area contributed by atoms with E-state index in [1.807, 2.05) is 0 Å².